The number of amides is 1. The molecule has 1 amide bonds. The highest BCUT2D eigenvalue weighted by molar-refractivity contribution is 7.92. The van der Waals surface area contributed by atoms with E-state index in [0.717, 1.165) is 12.0 Å². The molecule has 8 nitrogen and oxygen atoms in total. The van der Waals surface area contributed by atoms with Gasteiger partial charge in [0.15, 0.2) is 0 Å². The Morgan fingerprint density at radius 1 is 0.882 bits per heavy atom. The van der Waals surface area contributed by atoms with Crippen LogP contribution in [0.1, 0.15) is 28.4 Å². The van der Waals surface area contributed by atoms with Crippen LogP contribution in [-0.2, 0) is 32.5 Å². The first-order valence-electron chi connectivity index (χ1n) is 10.7. The van der Waals surface area contributed by atoms with Crippen molar-refractivity contribution in [3.05, 3.63) is 89.5 Å². The zero-order valence-electron chi connectivity index (χ0n) is 19.0. The third-order valence-electron chi connectivity index (χ3n) is 5.05. The number of hydrogen-bond acceptors (Lipinski definition) is 6. The van der Waals surface area contributed by atoms with Crippen LogP contribution in [0.4, 0.5) is 11.4 Å². The highest BCUT2D eigenvalue weighted by Gasteiger charge is 2.19. The van der Waals surface area contributed by atoms with Gasteiger partial charge in [0.05, 0.1) is 12.0 Å². The second-order valence-corrected chi connectivity index (χ2v) is 9.18. The summed E-state index contributed by atoms with van der Waals surface area (Å²) < 4.78 is 33.1. The van der Waals surface area contributed by atoms with Gasteiger partial charge in [0.25, 0.3) is 15.9 Å². The van der Waals surface area contributed by atoms with Crippen LogP contribution in [0.5, 0.6) is 0 Å². The first-order chi connectivity index (χ1) is 16.3. The number of esters is 1. The lowest BCUT2D eigenvalue weighted by Crippen LogP contribution is -2.30. The molecular weight excluding hydrogens is 454 g/mol. The molecule has 178 valence electrons. The summed E-state index contributed by atoms with van der Waals surface area (Å²) in [5.74, 6) is -1.21. The van der Waals surface area contributed by atoms with Crippen LogP contribution >= 0.6 is 0 Å². The van der Waals surface area contributed by atoms with Crippen LogP contribution in [0.15, 0.2) is 77.7 Å². The van der Waals surface area contributed by atoms with Crippen LogP contribution in [0.25, 0.3) is 0 Å². The molecule has 0 saturated heterocycles. The van der Waals surface area contributed by atoms with Crippen molar-refractivity contribution in [2.45, 2.75) is 24.8 Å². The number of para-hydroxylation sites is 1. The Morgan fingerprint density at radius 2 is 1.56 bits per heavy atom. The molecule has 9 heteroatoms. The molecule has 0 saturated carbocycles. The van der Waals surface area contributed by atoms with E-state index in [0.29, 0.717) is 17.9 Å². The summed E-state index contributed by atoms with van der Waals surface area (Å²) in [7, 11) is -2.77. The molecule has 0 aliphatic heterocycles. The monoisotopic (exact) mass is 481 g/mol. The number of ether oxygens (including phenoxy) is 1. The normalized spacial score (nSPS) is 10.9. The van der Waals surface area contributed by atoms with Gasteiger partial charge in [-0.25, -0.2) is 8.42 Å². The van der Waals surface area contributed by atoms with Crippen LogP contribution in [0.3, 0.4) is 0 Å². The van der Waals surface area contributed by atoms with Gasteiger partial charge in [-0.15, -0.1) is 0 Å². The molecule has 0 fully saturated rings. The summed E-state index contributed by atoms with van der Waals surface area (Å²) in [6.07, 6.45) is 0.937. The van der Waals surface area contributed by atoms with Crippen LogP contribution < -0.4 is 15.4 Å². The van der Waals surface area contributed by atoms with E-state index in [9.17, 15) is 18.0 Å². The number of carbonyl (C=O) groups excluding carboxylic acids is 2. The van der Waals surface area contributed by atoms with Crippen molar-refractivity contribution in [1.82, 2.24) is 5.32 Å². The van der Waals surface area contributed by atoms with E-state index >= 15 is 0 Å². The van der Waals surface area contributed by atoms with Gasteiger partial charge in [0.2, 0.25) is 0 Å². The van der Waals surface area contributed by atoms with Crippen molar-refractivity contribution in [3.63, 3.8) is 0 Å². The van der Waals surface area contributed by atoms with E-state index in [1.165, 1.54) is 30.9 Å². The molecule has 0 aromatic heterocycles. The summed E-state index contributed by atoms with van der Waals surface area (Å²) in [6.45, 7) is 2.18. The third kappa shape index (κ3) is 6.82. The average molecular weight is 482 g/mol. The largest absolute Gasteiger partial charge is 0.468 e. The van der Waals surface area contributed by atoms with Crippen molar-refractivity contribution in [2.24, 2.45) is 0 Å². The molecule has 0 spiro atoms. The Labute approximate surface area is 199 Å². The lowest BCUT2D eigenvalue weighted by Gasteiger charge is -2.14. The van der Waals surface area contributed by atoms with E-state index in [1.807, 2.05) is 24.3 Å². The third-order valence-corrected chi connectivity index (χ3v) is 6.41. The Balaban J connectivity index is 1.88. The molecule has 0 unspecified atom stereocenters. The summed E-state index contributed by atoms with van der Waals surface area (Å²) in [6, 6.07) is 20.8. The second kappa shape index (κ2) is 11.3. The summed E-state index contributed by atoms with van der Waals surface area (Å²) in [4.78, 5) is 23.9. The van der Waals surface area contributed by atoms with Crippen molar-refractivity contribution in [3.8, 4) is 0 Å². The van der Waals surface area contributed by atoms with Gasteiger partial charge in [-0.1, -0.05) is 49.4 Å². The van der Waals surface area contributed by atoms with Crippen molar-refractivity contribution < 1.29 is 22.7 Å². The number of nitrogens with one attached hydrogen (secondary N) is 3. The Bertz CT molecular complexity index is 1240. The molecule has 3 aromatic rings. The van der Waals surface area contributed by atoms with Gasteiger partial charge in [-0.3, -0.25) is 14.3 Å². The van der Waals surface area contributed by atoms with Gasteiger partial charge in [-0.05, 0) is 47.9 Å². The smallest absolute Gasteiger partial charge is 0.325 e. The predicted molar refractivity (Wildman–Crippen MR) is 131 cm³/mol. The summed E-state index contributed by atoms with van der Waals surface area (Å²) in [5, 5.41) is 5.62. The van der Waals surface area contributed by atoms with Gasteiger partial charge in [-0.2, -0.15) is 0 Å². The molecule has 3 N–H and O–H groups in total. The van der Waals surface area contributed by atoms with Gasteiger partial charge in [0.1, 0.15) is 6.54 Å². The van der Waals surface area contributed by atoms with E-state index in [-0.39, 0.29) is 17.0 Å². The van der Waals surface area contributed by atoms with Crippen LogP contribution in [0, 0.1) is 0 Å². The topological polar surface area (TPSA) is 114 Å². The number of benzene rings is 3. The molecule has 0 heterocycles. The van der Waals surface area contributed by atoms with Crippen molar-refractivity contribution in [1.29, 1.82) is 0 Å². The maximum Gasteiger partial charge on any atom is 0.325 e. The fourth-order valence-electron chi connectivity index (χ4n) is 3.13. The molecule has 0 radical (unpaired) electrons. The first-order valence-corrected chi connectivity index (χ1v) is 12.2. The number of anilines is 2. The fourth-order valence-corrected chi connectivity index (χ4v) is 4.26. The minimum Gasteiger partial charge on any atom is -0.468 e. The minimum absolute atomic E-state index is 0.0867. The Kier molecular flexibility index (Phi) is 8.26. The SMILES string of the molecule is CCc1ccc(CNc2cc(C(=O)NCC(=O)OC)cc(S(=O)(=O)Nc3ccccc3)c2)cc1. The molecule has 3 rings (SSSR count). The molecule has 3 aromatic carbocycles. The number of rotatable bonds is 10. The zero-order valence-corrected chi connectivity index (χ0v) is 19.8. The summed E-state index contributed by atoms with van der Waals surface area (Å²) >= 11 is 0. The lowest BCUT2D eigenvalue weighted by molar-refractivity contribution is -0.139. The molecule has 0 aliphatic rings. The number of hydrogen-bond donors (Lipinski definition) is 3. The van der Waals surface area contributed by atoms with E-state index in [4.69, 9.17) is 0 Å². The Morgan fingerprint density at radius 3 is 2.21 bits per heavy atom. The number of sulfonamides is 1. The highest BCUT2D eigenvalue weighted by atomic mass is 32.2. The molecular formula is C25H27N3O5S. The van der Waals surface area contributed by atoms with Crippen molar-refractivity contribution in [2.75, 3.05) is 23.7 Å². The number of aryl methyl sites for hydroxylation is 1. The van der Waals surface area contributed by atoms with Crippen LogP contribution in [0.2, 0.25) is 0 Å². The van der Waals surface area contributed by atoms with E-state index < -0.39 is 21.9 Å². The van der Waals surface area contributed by atoms with Gasteiger partial charge >= 0.3 is 5.97 Å². The van der Waals surface area contributed by atoms with Gasteiger partial charge < -0.3 is 15.4 Å². The Hall–Kier alpha value is -3.85. The molecule has 0 atom stereocenters. The highest BCUT2D eigenvalue weighted by Crippen LogP contribution is 2.23. The molecule has 34 heavy (non-hydrogen) atoms. The maximum absolute atomic E-state index is 13.0. The number of carbonyl (C=O) groups is 2. The quantitative estimate of drug-likeness (QED) is 0.382. The molecule has 0 bridgehead atoms. The van der Waals surface area contributed by atoms with Crippen LogP contribution in [-0.4, -0.2) is 33.9 Å². The first kappa shape index (κ1) is 24.8. The summed E-state index contributed by atoms with van der Waals surface area (Å²) in [5.41, 5.74) is 3.15. The average Bonchev–Trinajstić information content (AvgIpc) is 2.86. The zero-order chi connectivity index (χ0) is 24.6. The minimum atomic E-state index is -3.98. The second-order valence-electron chi connectivity index (χ2n) is 7.50. The standard InChI is InChI=1S/C25H27N3O5S/c1-3-18-9-11-19(12-10-18)16-26-22-13-20(25(30)27-17-24(29)33-2)14-23(15-22)34(31,32)28-21-7-5-4-6-8-21/h4-15,26,28H,3,16-17H2,1-2H3,(H,27,30). The lowest BCUT2D eigenvalue weighted by atomic mass is 10.1. The van der Waals surface area contributed by atoms with E-state index in [2.05, 4.69) is 27.0 Å². The fraction of sp³-hybridized carbons (Fsp3) is 0.200. The molecule has 0 aliphatic carbocycles. The van der Waals surface area contributed by atoms with Gasteiger partial charge in [0, 0.05) is 23.5 Å². The predicted octanol–water partition coefficient (Wildman–Crippen LogP) is 3.56. The van der Waals surface area contributed by atoms with Crippen molar-refractivity contribution >= 4 is 33.3 Å². The number of methoxy groups -OCH3 is 1. The maximum atomic E-state index is 13.0. The van der Waals surface area contributed by atoms with E-state index in [1.54, 1.807) is 30.3 Å².